The largest absolute Gasteiger partial charge is 0.364 e. The standard InChI is InChI=1S/C18H12ClN5O2/c19-14-6-3-7-15(8-14)22-11-16-21-17(25)23(24(16)18(22)26)10-13-5-2-1-4-12(13)9-20/h1-8H,10-11H2. The molecule has 1 aliphatic heterocycles. The molecule has 0 saturated heterocycles. The molecule has 0 fully saturated rings. The third-order valence-electron chi connectivity index (χ3n) is 4.22. The summed E-state index contributed by atoms with van der Waals surface area (Å²) in [6.45, 7) is 0.270. The molecule has 0 atom stereocenters. The topological polar surface area (TPSA) is 83.9 Å². The third-order valence-corrected chi connectivity index (χ3v) is 4.46. The Bertz CT molecular complexity index is 1130. The first kappa shape index (κ1) is 16.1. The maximum Gasteiger partial charge on any atom is 0.364 e. The van der Waals surface area contributed by atoms with Crippen molar-refractivity contribution in [1.82, 2.24) is 14.3 Å². The normalized spacial score (nSPS) is 12.9. The van der Waals surface area contributed by atoms with Gasteiger partial charge in [-0.15, -0.1) is 0 Å². The van der Waals surface area contributed by atoms with Gasteiger partial charge in [0.25, 0.3) is 0 Å². The molecule has 0 radical (unpaired) electrons. The molecule has 1 aromatic heterocycles. The minimum atomic E-state index is -0.521. The molecule has 0 N–H and O–H groups in total. The van der Waals surface area contributed by atoms with Gasteiger partial charge in [-0.25, -0.2) is 14.3 Å². The Kier molecular flexibility index (Phi) is 3.82. The number of nitriles is 1. The van der Waals surface area contributed by atoms with Crippen molar-refractivity contribution in [2.45, 2.75) is 13.1 Å². The lowest BCUT2D eigenvalue weighted by Crippen LogP contribution is -2.34. The summed E-state index contributed by atoms with van der Waals surface area (Å²) in [7, 11) is 0. The zero-order chi connectivity index (χ0) is 18.3. The van der Waals surface area contributed by atoms with Gasteiger partial charge in [0.2, 0.25) is 0 Å². The number of aromatic nitrogens is 3. The van der Waals surface area contributed by atoms with Gasteiger partial charge in [-0.3, -0.25) is 4.90 Å². The predicted octanol–water partition coefficient (Wildman–Crippen LogP) is 2.61. The number of carbonyl (C=O) groups is 1. The van der Waals surface area contributed by atoms with Gasteiger partial charge in [-0.05, 0) is 29.8 Å². The van der Waals surface area contributed by atoms with Crippen molar-refractivity contribution in [1.29, 1.82) is 5.26 Å². The molecule has 0 unspecified atom stereocenters. The Hall–Kier alpha value is -3.37. The molecule has 26 heavy (non-hydrogen) atoms. The van der Waals surface area contributed by atoms with Gasteiger partial charge in [0.15, 0.2) is 5.82 Å². The summed E-state index contributed by atoms with van der Waals surface area (Å²) < 4.78 is 2.51. The van der Waals surface area contributed by atoms with E-state index in [2.05, 4.69) is 11.1 Å². The fraction of sp³-hybridized carbons (Fsp3) is 0.111. The van der Waals surface area contributed by atoms with Crippen LogP contribution < -0.4 is 10.6 Å². The molecule has 0 bridgehead atoms. The lowest BCUT2D eigenvalue weighted by atomic mass is 10.1. The summed E-state index contributed by atoms with van der Waals surface area (Å²) in [4.78, 5) is 30.6. The van der Waals surface area contributed by atoms with E-state index < -0.39 is 5.69 Å². The van der Waals surface area contributed by atoms with E-state index in [1.54, 1.807) is 48.5 Å². The number of hydrogen-bond donors (Lipinski definition) is 0. The van der Waals surface area contributed by atoms with Crippen LogP contribution in [0.25, 0.3) is 0 Å². The highest BCUT2D eigenvalue weighted by Gasteiger charge is 2.33. The summed E-state index contributed by atoms with van der Waals surface area (Å²) in [5, 5.41) is 9.75. The van der Waals surface area contributed by atoms with E-state index in [4.69, 9.17) is 11.6 Å². The number of nitrogens with zero attached hydrogens (tertiary/aromatic N) is 5. The van der Waals surface area contributed by atoms with Gasteiger partial charge in [0.05, 0.1) is 24.7 Å². The van der Waals surface area contributed by atoms with Crippen LogP contribution in [0.4, 0.5) is 10.5 Å². The summed E-state index contributed by atoms with van der Waals surface area (Å²) in [5.74, 6) is 0.356. The van der Waals surface area contributed by atoms with Crippen LogP contribution in [0.1, 0.15) is 17.0 Å². The molecule has 0 spiro atoms. The lowest BCUT2D eigenvalue weighted by Gasteiger charge is -2.16. The van der Waals surface area contributed by atoms with E-state index in [-0.39, 0.29) is 19.1 Å². The van der Waals surface area contributed by atoms with E-state index in [0.29, 0.717) is 27.7 Å². The fourth-order valence-electron chi connectivity index (χ4n) is 2.99. The molecule has 1 amide bonds. The van der Waals surface area contributed by atoms with Crippen LogP contribution in [-0.2, 0) is 13.1 Å². The summed E-state index contributed by atoms with van der Waals surface area (Å²) in [6.07, 6.45) is 0. The Morgan fingerprint density at radius 1 is 1.15 bits per heavy atom. The number of anilines is 1. The van der Waals surface area contributed by atoms with Gasteiger partial charge < -0.3 is 0 Å². The molecular weight excluding hydrogens is 354 g/mol. The van der Waals surface area contributed by atoms with Gasteiger partial charge in [0.1, 0.15) is 0 Å². The second kappa shape index (κ2) is 6.17. The highest BCUT2D eigenvalue weighted by Crippen LogP contribution is 2.25. The molecule has 2 aromatic carbocycles. The average molecular weight is 366 g/mol. The smallest absolute Gasteiger partial charge is 0.285 e. The van der Waals surface area contributed by atoms with Gasteiger partial charge in [-0.2, -0.15) is 14.9 Å². The molecular formula is C18H12ClN5O2. The zero-order valence-corrected chi connectivity index (χ0v) is 14.2. The number of fused-ring (bicyclic) bond motifs is 1. The molecule has 2 heterocycles. The van der Waals surface area contributed by atoms with E-state index in [1.807, 2.05) is 0 Å². The van der Waals surface area contributed by atoms with Crippen LogP contribution in [0.15, 0.2) is 53.3 Å². The van der Waals surface area contributed by atoms with Crippen molar-refractivity contribution in [3.05, 3.63) is 81.0 Å². The van der Waals surface area contributed by atoms with Crippen molar-refractivity contribution in [2.75, 3.05) is 4.90 Å². The number of benzene rings is 2. The van der Waals surface area contributed by atoms with Crippen molar-refractivity contribution >= 4 is 23.3 Å². The van der Waals surface area contributed by atoms with Crippen LogP contribution in [-0.4, -0.2) is 20.4 Å². The van der Waals surface area contributed by atoms with Gasteiger partial charge in [0, 0.05) is 10.7 Å². The molecule has 3 aromatic rings. The Balaban J connectivity index is 1.73. The van der Waals surface area contributed by atoms with Crippen LogP contribution in [0.3, 0.4) is 0 Å². The molecule has 0 saturated carbocycles. The zero-order valence-electron chi connectivity index (χ0n) is 13.5. The van der Waals surface area contributed by atoms with Crippen LogP contribution in [0.2, 0.25) is 5.02 Å². The van der Waals surface area contributed by atoms with Crippen molar-refractivity contribution in [3.63, 3.8) is 0 Å². The van der Waals surface area contributed by atoms with E-state index >= 15 is 0 Å². The Labute approximate surface area is 153 Å². The predicted molar refractivity (Wildman–Crippen MR) is 95.2 cm³/mol. The van der Waals surface area contributed by atoms with E-state index in [1.165, 1.54) is 14.3 Å². The molecule has 7 nitrogen and oxygen atoms in total. The van der Waals surface area contributed by atoms with Crippen molar-refractivity contribution < 1.29 is 4.79 Å². The van der Waals surface area contributed by atoms with Crippen LogP contribution >= 0.6 is 11.6 Å². The quantitative estimate of drug-likeness (QED) is 0.714. The summed E-state index contributed by atoms with van der Waals surface area (Å²) >= 11 is 6.01. The first-order valence-corrected chi connectivity index (χ1v) is 8.20. The number of rotatable bonds is 3. The van der Waals surface area contributed by atoms with E-state index in [9.17, 15) is 14.9 Å². The number of hydrogen-bond acceptors (Lipinski definition) is 4. The monoisotopic (exact) mass is 365 g/mol. The number of halogens is 1. The summed E-state index contributed by atoms with van der Waals surface area (Å²) in [5.41, 5.74) is 1.21. The van der Waals surface area contributed by atoms with Crippen molar-refractivity contribution in [3.8, 4) is 6.07 Å². The average Bonchev–Trinajstić information content (AvgIpc) is 3.12. The minimum Gasteiger partial charge on any atom is -0.285 e. The SMILES string of the molecule is N#Cc1ccccc1Cn1c(=O)nc2n1C(=O)N(c1cccc(Cl)c1)C2. The molecule has 0 aliphatic carbocycles. The maximum absolute atomic E-state index is 12.9. The molecule has 8 heteroatoms. The Morgan fingerprint density at radius 3 is 2.73 bits per heavy atom. The minimum absolute atomic E-state index is 0.0880. The first-order valence-electron chi connectivity index (χ1n) is 7.82. The second-order valence-corrected chi connectivity index (χ2v) is 6.23. The maximum atomic E-state index is 12.9. The van der Waals surface area contributed by atoms with Gasteiger partial charge >= 0.3 is 11.7 Å². The highest BCUT2D eigenvalue weighted by atomic mass is 35.5. The van der Waals surface area contributed by atoms with Gasteiger partial charge in [-0.1, -0.05) is 35.9 Å². The first-order chi connectivity index (χ1) is 12.6. The van der Waals surface area contributed by atoms with Crippen molar-refractivity contribution in [2.24, 2.45) is 0 Å². The number of amides is 1. The molecule has 1 aliphatic rings. The van der Waals surface area contributed by atoms with Crippen LogP contribution in [0.5, 0.6) is 0 Å². The summed E-state index contributed by atoms with van der Waals surface area (Å²) in [6, 6.07) is 15.6. The fourth-order valence-corrected chi connectivity index (χ4v) is 3.18. The second-order valence-electron chi connectivity index (χ2n) is 5.80. The molecule has 4 rings (SSSR count). The number of carbonyl (C=O) groups excluding carboxylic acids is 1. The lowest BCUT2D eigenvalue weighted by molar-refractivity contribution is 0.244. The third kappa shape index (κ3) is 2.57. The Morgan fingerprint density at radius 2 is 1.96 bits per heavy atom. The van der Waals surface area contributed by atoms with Crippen LogP contribution in [0, 0.1) is 11.3 Å². The molecule has 128 valence electrons. The van der Waals surface area contributed by atoms with E-state index in [0.717, 1.165) is 0 Å². The highest BCUT2D eigenvalue weighted by molar-refractivity contribution is 6.30.